The second-order valence-corrected chi connectivity index (χ2v) is 5.80. The Morgan fingerprint density at radius 2 is 2.20 bits per heavy atom. The van der Waals surface area contributed by atoms with Crippen LogP contribution in [-0.4, -0.2) is 15.7 Å². The van der Waals surface area contributed by atoms with E-state index in [1.807, 2.05) is 0 Å². The molecule has 0 aliphatic heterocycles. The highest BCUT2D eigenvalue weighted by Crippen LogP contribution is 2.25. The quantitative estimate of drug-likeness (QED) is 0.738. The van der Waals surface area contributed by atoms with Crippen molar-refractivity contribution in [1.29, 1.82) is 0 Å². The van der Waals surface area contributed by atoms with Crippen molar-refractivity contribution in [3.05, 3.63) is 64.6 Å². The molecule has 0 aliphatic carbocycles. The Hall–Kier alpha value is -2.80. The van der Waals surface area contributed by atoms with E-state index in [0.717, 1.165) is 0 Å². The normalized spacial score (nSPS) is 10.7. The second-order valence-electron chi connectivity index (χ2n) is 5.40. The summed E-state index contributed by atoms with van der Waals surface area (Å²) in [5, 5.41) is 7.00. The van der Waals surface area contributed by atoms with Crippen LogP contribution >= 0.6 is 11.6 Å². The minimum Gasteiger partial charge on any atom is -0.470 e. The summed E-state index contributed by atoms with van der Waals surface area (Å²) in [6.07, 6.45) is 3.10. The first-order chi connectivity index (χ1) is 11.9. The SMILES string of the molecule is Cc1cc(C(=O)Nc2cnn(COc3ccc(F)cc3Cl)c2)c(C)o1. The summed E-state index contributed by atoms with van der Waals surface area (Å²) in [5.41, 5.74) is 0.983. The van der Waals surface area contributed by atoms with Crippen LogP contribution in [0, 0.1) is 19.7 Å². The third kappa shape index (κ3) is 4.00. The van der Waals surface area contributed by atoms with Gasteiger partial charge < -0.3 is 14.5 Å². The van der Waals surface area contributed by atoms with E-state index in [9.17, 15) is 9.18 Å². The van der Waals surface area contributed by atoms with Crippen molar-refractivity contribution >= 4 is 23.2 Å². The Bertz CT molecular complexity index is 920. The molecule has 0 spiro atoms. The number of carbonyl (C=O) groups excluding carboxylic acids is 1. The summed E-state index contributed by atoms with van der Waals surface area (Å²) in [6, 6.07) is 5.54. The van der Waals surface area contributed by atoms with E-state index in [2.05, 4.69) is 10.4 Å². The predicted octanol–water partition coefficient (Wildman–Crippen LogP) is 4.17. The Morgan fingerprint density at radius 1 is 1.40 bits per heavy atom. The summed E-state index contributed by atoms with van der Waals surface area (Å²) < 4.78 is 25.3. The third-order valence-corrected chi connectivity index (χ3v) is 3.72. The summed E-state index contributed by atoms with van der Waals surface area (Å²) in [6.45, 7) is 3.57. The highest BCUT2D eigenvalue weighted by Gasteiger charge is 2.14. The largest absolute Gasteiger partial charge is 0.470 e. The van der Waals surface area contributed by atoms with Crippen LogP contribution in [0.1, 0.15) is 21.9 Å². The lowest BCUT2D eigenvalue weighted by Crippen LogP contribution is -2.11. The number of aromatic nitrogens is 2. The average molecular weight is 364 g/mol. The zero-order valence-electron chi connectivity index (χ0n) is 13.5. The van der Waals surface area contributed by atoms with E-state index in [1.165, 1.54) is 29.1 Å². The molecule has 1 amide bonds. The molecule has 0 atom stereocenters. The summed E-state index contributed by atoms with van der Waals surface area (Å²) in [4.78, 5) is 12.2. The Labute approximate surface area is 148 Å². The van der Waals surface area contributed by atoms with Crippen molar-refractivity contribution in [3.8, 4) is 5.75 Å². The van der Waals surface area contributed by atoms with E-state index < -0.39 is 5.82 Å². The monoisotopic (exact) mass is 363 g/mol. The van der Waals surface area contributed by atoms with Crippen LogP contribution in [0.15, 0.2) is 41.1 Å². The number of hydrogen-bond acceptors (Lipinski definition) is 4. The maximum atomic E-state index is 13.0. The first-order valence-corrected chi connectivity index (χ1v) is 7.79. The van der Waals surface area contributed by atoms with Crippen molar-refractivity contribution in [1.82, 2.24) is 9.78 Å². The number of benzene rings is 1. The van der Waals surface area contributed by atoms with E-state index in [0.29, 0.717) is 28.5 Å². The van der Waals surface area contributed by atoms with Gasteiger partial charge in [0, 0.05) is 0 Å². The fraction of sp³-hybridized carbons (Fsp3) is 0.176. The zero-order valence-corrected chi connectivity index (χ0v) is 14.3. The number of aryl methyl sites for hydroxylation is 2. The molecule has 0 bridgehead atoms. The summed E-state index contributed by atoms with van der Waals surface area (Å²) >= 11 is 5.89. The van der Waals surface area contributed by atoms with Crippen LogP contribution in [0.2, 0.25) is 5.02 Å². The van der Waals surface area contributed by atoms with Crippen molar-refractivity contribution in [2.45, 2.75) is 20.6 Å². The fourth-order valence-corrected chi connectivity index (χ4v) is 2.50. The van der Waals surface area contributed by atoms with Crippen molar-refractivity contribution in [2.75, 3.05) is 5.32 Å². The molecule has 0 saturated heterocycles. The van der Waals surface area contributed by atoms with Crippen LogP contribution in [0.4, 0.5) is 10.1 Å². The molecule has 1 aromatic carbocycles. The highest BCUT2D eigenvalue weighted by atomic mass is 35.5. The maximum Gasteiger partial charge on any atom is 0.259 e. The van der Waals surface area contributed by atoms with Gasteiger partial charge >= 0.3 is 0 Å². The number of nitrogens with one attached hydrogen (secondary N) is 1. The Morgan fingerprint density at radius 3 is 2.88 bits per heavy atom. The number of halogens is 2. The standard InChI is InChI=1S/C17H15ClFN3O3/c1-10-5-14(11(2)25-10)17(23)21-13-7-20-22(8-13)9-24-16-4-3-12(19)6-15(16)18/h3-8H,9H2,1-2H3,(H,21,23). The van der Waals surface area contributed by atoms with Gasteiger partial charge in [0.1, 0.15) is 23.1 Å². The summed E-state index contributed by atoms with van der Waals surface area (Å²) in [5.74, 6) is 0.843. The van der Waals surface area contributed by atoms with Gasteiger partial charge in [-0.1, -0.05) is 11.6 Å². The number of anilines is 1. The maximum absolute atomic E-state index is 13.0. The number of hydrogen-bond donors (Lipinski definition) is 1. The van der Waals surface area contributed by atoms with Crippen LogP contribution in [-0.2, 0) is 6.73 Å². The van der Waals surface area contributed by atoms with E-state index in [4.69, 9.17) is 20.8 Å². The lowest BCUT2D eigenvalue weighted by molar-refractivity contribution is 0.102. The molecule has 25 heavy (non-hydrogen) atoms. The summed E-state index contributed by atoms with van der Waals surface area (Å²) in [7, 11) is 0. The molecule has 0 saturated carbocycles. The molecular weight excluding hydrogens is 349 g/mol. The topological polar surface area (TPSA) is 69.3 Å². The zero-order chi connectivity index (χ0) is 18.0. The molecule has 6 nitrogen and oxygen atoms in total. The predicted molar refractivity (Wildman–Crippen MR) is 90.4 cm³/mol. The van der Waals surface area contributed by atoms with Crippen LogP contribution in [0.3, 0.4) is 0 Å². The van der Waals surface area contributed by atoms with Crippen LogP contribution < -0.4 is 10.1 Å². The number of carbonyl (C=O) groups is 1. The third-order valence-electron chi connectivity index (χ3n) is 3.42. The Balaban J connectivity index is 1.62. The van der Waals surface area contributed by atoms with E-state index >= 15 is 0 Å². The molecule has 130 valence electrons. The molecule has 1 N–H and O–H groups in total. The average Bonchev–Trinajstić information content (AvgIpc) is 3.12. The van der Waals surface area contributed by atoms with Crippen molar-refractivity contribution in [3.63, 3.8) is 0 Å². The number of nitrogens with zero attached hydrogens (tertiary/aromatic N) is 2. The number of ether oxygens (including phenoxy) is 1. The first-order valence-electron chi connectivity index (χ1n) is 7.41. The molecule has 0 aliphatic rings. The Kier molecular flexibility index (Phi) is 4.76. The number of amides is 1. The molecular formula is C17H15ClFN3O3. The molecule has 8 heteroatoms. The minimum absolute atomic E-state index is 0.0606. The molecule has 0 unspecified atom stereocenters. The van der Waals surface area contributed by atoms with Crippen LogP contribution in [0.25, 0.3) is 0 Å². The van der Waals surface area contributed by atoms with Gasteiger partial charge in [0.15, 0.2) is 6.73 Å². The number of furan rings is 1. The van der Waals surface area contributed by atoms with E-state index in [1.54, 1.807) is 26.1 Å². The number of rotatable bonds is 5. The van der Waals surface area contributed by atoms with Gasteiger partial charge in [-0.05, 0) is 38.1 Å². The van der Waals surface area contributed by atoms with Crippen molar-refractivity contribution < 1.29 is 18.3 Å². The minimum atomic E-state index is -0.439. The van der Waals surface area contributed by atoms with Gasteiger partial charge in [0.25, 0.3) is 5.91 Å². The molecule has 3 rings (SSSR count). The highest BCUT2D eigenvalue weighted by molar-refractivity contribution is 6.32. The van der Waals surface area contributed by atoms with Gasteiger partial charge in [0.2, 0.25) is 0 Å². The lowest BCUT2D eigenvalue weighted by Gasteiger charge is -2.07. The van der Waals surface area contributed by atoms with Crippen molar-refractivity contribution in [2.24, 2.45) is 0 Å². The molecule has 3 aromatic rings. The first kappa shape index (κ1) is 17.0. The molecule has 2 aromatic heterocycles. The molecule has 0 fully saturated rings. The van der Waals surface area contributed by atoms with Gasteiger partial charge in [-0.3, -0.25) is 4.79 Å². The fourth-order valence-electron chi connectivity index (χ4n) is 2.28. The van der Waals surface area contributed by atoms with Gasteiger partial charge in [-0.2, -0.15) is 5.10 Å². The molecule has 2 heterocycles. The van der Waals surface area contributed by atoms with Gasteiger partial charge in [0.05, 0.1) is 28.7 Å². The smallest absolute Gasteiger partial charge is 0.259 e. The lowest BCUT2D eigenvalue weighted by atomic mass is 10.2. The second kappa shape index (κ2) is 6.98. The van der Waals surface area contributed by atoms with Gasteiger partial charge in [-0.25, -0.2) is 9.07 Å². The van der Waals surface area contributed by atoms with Gasteiger partial charge in [-0.15, -0.1) is 0 Å². The van der Waals surface area contributed by atoms with Crippen LogP contribution in [0.5, 0.6) is 5.75 Å². The molecule has 0 radical (unpaired) electrons. The van der Waals surface area contributed by atoms with E-state index in [-0.39, 0.29) is 17.7 Å².